The number of halogens is 3. The van der Waals surface area contributed by atoms with Crippen molar-refractivity contribution >= 4 is 15.9 Å². The molecule has 1 atom stereocenters. The van der Waals surface area contributed by atoms with Gasteiger partial charge in [-0.2, -0.15) is 0 Å². The molecule has 0 heterocycles. The van der Waals surface area contributed by atoms with Crippen molar-refractivity contribution < 1.29 is 8.78 Å². The quantitative estimate of drug-likeness (QED) is 0.712. The number of hydrogen-bond acceptors (Lipinski definition) is 0. The zero-order valence-corrected chi connectivity index (χ0v) is 10.2. The SMILES string of the molecule is Cc1cc(C(Br)CC2CC2)c(F)cc1F. The van der Waals surface area contributed by atoms with Crippen molar-refractivity contribution in [3.05, 3.63) is 34.9 Å². The Morgan fingerprint density at radius 1 is 1.33 bits per heavy atom. The fourth-order valence-electron chi connectivity index (χ4n) is 1.69. The van der Waals surface area contributed by atoms with E-state index in [1.165, 1.54) is 12.8 Å². The molecule has 82 valence electrons. The lowest BCUT2D eigenvalue weighted by Gasteiger charge is -2.11. The second kappa shape index (κ2) is 4.20. The minimum atomic E-state index is -0.470. The third-order valence-corrected chi connectivity index (χ3v) is 3.72. The lowest BCUT2D eigenvalue weighted by atomic mass is 10.0. The zero-order chi connectivity index (χ0) is 11.0. The smallest absolute Gasteiger partial charge is 0.130 e. The van der Waals surface area contributed by atoms with E-state index in [0.717, 1.165) is 18.4 Å². The average molecular weight is 275 g/mol. The van der Waals surface area contributed by atoms with E-state index in [0.29, 0.717) is 11.1 Å². The Labute approximate surface area is 96.8 Å². The second-order valence-electron chi connectivity index (χ2n) is 4.27. The van der Waals surface area contributed by atoms with E-state index < -0.39 is 11.6 Å². The predicted octanol–water partition coefficient (Wildman–Crippen LogP) is 4.51. The summed E-state index contributed by atoms with van der Waals surface area (Å²) >= 11 is 3.47. The minimum Gasteiger partial charge on any atom is -0.207 e. The highest BCUT2D eigenvalue weighted by Crippen LogP contribution is 2.42. The first kappa shape index (κ1) is 11.1. The van der Waals surface area contributed by atoms with Crippen LogP contribution >= 0.6 is 15.9 Å². The summed E-state index contributed by atoms with van der Waals surface area (Å²) in [5.74, 6) is -0.192. The van der Waals surface area contributed by atoms with Crippen LogP contribution in [0.25, 0.3) is 0 Å². The molecule has 0 nitrogen and oxygen atoms in total. The Hall–Kier alpha value is -0.440. The van der Waals surface area contributed by atoms with Crippen molar-refractivity contribution in [1.82, 2.24) is 0 Å². The van der Waals surface area contributed by atoms with Crippen LogP contribution in [-0.4, -0.2) is 0 Å². The molecule has 0 N–H and O–H groups in total. The van der Waals surface area contributed by atoms with Crippen molar-refractivity contribution in [2.24, 2.45) is 5.92 Å². The number of rotatable bonds is 3. The van der Waals surface area contributed by atoms with E-state index in [4.69, 9.17) is 0 Å². The molecular weight excluding hydrogens is 262 g/mol. The molecule has 1 saturated carbocycles. The molecule has 3 heteroatoms. The summed E-state index contributed by atoms with van der Waals surface area (Å²) < 4.78 is 26.5. The van der Waals surface area contributed by atoms with Gasteiger partial charge in [0, 0.05) is 16.5 Å². The molecule has 1 aliphatic rings. The molecule has 1 unspecified atom stereocenters. The van der Waals surface area contributed by atoms with E-state index in [-0.39, 0.29) is 4.83 Å². The highest BCUT2D eigenvalue weighted by Gasteiger charge is 2.26. The number of alkyl halides is 1. The maximum atomic E-state index is 13.5. The lowest BCUT2D eigenvalue weighted by molar-refractivity contribution is 0.560. The summed E-state index contributed by atoms with van der Waals surface area (Å²) in [7, 11) is 0. The van der Waals surface area contributed by atoms with E-state index in [1.54, 1.807) is 13.0 Å². The van der Waals surface area contributed by atoms with Crippen LogP contribution in [0.5, 0.6) is 0 Å². The van der Waals surface area contributed by atoms with Gasteiger partial charge in [0.05, 0.1) is 0 Å². The predicted molar refractivity (Wildman–Crippen MR) is 60.1 cm³/mol. The van der Waals surface area contributed by atoms with E-state index in [1.807, 2.05) is 0 Å². The van der Waals surface area contributed by atoms with E-state index >= 15 is 0 Å². The first-order chi connectivity index (χ1) is 7.08. The molecule has 0 aliphatic heterocycles. The van der Waals surface area contributed by atoms with Crippen molar-refractivity contribution in [3.8, 4) is 0 Å². The Bertz CT molecular complexity index is 372. The molecule has 1 aliphatic carbocycles. The largest absolute Gasteiger partial charge is 0.207 e. The minimum absolute atomic E-state index is 0.0179. The van der Waals surface area contributed by atoms with Crippen LogP contribution in [0.1, 0.15) is 35.2 Å². The molecule has 0 aromatic heterocycles. The fraction of sp³-hybridized carbons (Fsp3) is 0.500. The Morgan fingerprint density at radius 3 is 2.60 bits per heavy atom. The molecule has 0 amide bonds. The van der Waals surface area contributed by atoms with Crippen LogP contribution in [-0.2, 0) is 0 Å². The number of hydrogen-bond donors (Lipinski definition) is 0. The third-order valence-electron chi connectivity index (χ3n) is 2.85. The Morgan fingerprint density at radius 2 is 2.00 bits per heavy atom. The third kappa shape index (κ3) is 2.57. The van der Waals surface area contributed by atoms with Crippen LogP contribution in [0.3, 0.4) is 0 Å². The molecule has 1 aromatic carbocycles. The topological polar surface area (TPSA) is 0 Å². The second-order valence-corrected chi connectivity index (χ2v) is 5.37. The van der Waals surface area contributed by atoms with Crippen LogP contribution < -0.4 is 0 Å². The molecule has 1 aromatic rings. The van der Waals surface area contributed by atoms with Gasteiger partial charge in [-0.3, -0.25) is 0 Å². The number of aryl methyl sites for hydroxylation is 1. The summed E-state index contributed by atoms with van der Waals surface area (Å²) in [5.41, 5.74) is 1.09. The van der Waals surface area contributed by atoms with Crippen LogP contribution in [0.2, 0.25) is 0 Å². The molecule has 2 rings (SSSR count). The van der Waals surface area contributed by atoms with Crippen molar-refractivity contribution in [1.29, 1.82) is 0 Å². The first-order valence-corrected chi connectivity index (χ1v) is 6.09. The van der Waals surface area contributed by atoms with Crippen molar-refractivity contribution in [3.63, 3.8) is 0 Å². The molecular formula is C12H13BrF2. The summed E-state index contributed by atoms with van der Waals surface area (Å²) in [5, 5.41) is 0. The van der Waals surface area contributed by atoms with E-state index in [2.05, 4.69) is 15.9 Å². The maximum Gasteiger partial charge on any atom is 0.130 e. The molecule has 1 fully saturated rings. The van der Waals surface area contributed by atoms with Crippen LogP contribution in [0, 0.1) is 24.5 Å². The van der Waals surface area contributed by atoms with Gasteiger partial charge in [0.15, 0.2) is 0 Å². The van der Waals surface area contributed by atoms with Crippen molar-refractivity contribution in [2.45, 2.75) is 31.0 Å². The van der Waals surface area contributed by atoms with Crippen LogP contribution in [0.15, 0.2) is 12.1 Å². The average Bonchev–Trinajstić information content (AvgIpc) is 2.95. The van der Waals surface area contributed by atoms with Gasteiger partial charge in [-0.1, -0.05) is 28.8 Å². The van der Waals surface area contributed by atoms with Gasteiger partial charge in [-0.25, -0.2) is 8.78 Å². The highest BCUT2D eigenvalue weighted by atomic mass is 79.9. The lowest BCUT2D eigenvalue weighted by Crippen LogP contribution is -1.98. The zero-order valence-electron chi connectivity index (χ0n) is 8.56. The molecule has 0 radical (unpaired) electrons. The highest BCUT2D eigenvalue weighted by molar-refractivity contribution is 9.09. The van der Waals surface area contributed by atoms with Gasteiger partial charge < -0.3 is 0 Å². The summed E-state index contributed by atoms with van der Waals surface area (Å²) in [6.45, 7) is 1.66. The standard InChI is InChI=1S/C12H13BrF2/c1-7-4-9(12(15)6-11(7)14)10(13)5-8-2-3-8/h4,6,8,10H,2-3,5H2,1H3. The maximum absolute atomic E-state index is 13.5. The number of benzene rings is 1. The van der Waals surface area contributed by atoms with Gasteiger partial charge in [0.25, 0.3) is 0 Å². The molecule has 0 saturated heterocycles. The monoisotopic (exact) mass is 274 g/mol. The van der Waals surface area contributed by atoms with Gasteiger partial charge in [0.1, 0.15) is 11.6 Å². The summed E-state index contributed by atoms with van der Waals surface area (Å²) in [6.07, 6.45) is 3.43. The van der Waals surface area contributed by atoms with Gasteiger partial charge in [0.2, 0.25) is 0 Å². The van der Waals surface area contributed by atoms with Gasteiger partial charge in [-0.05, 0) is 30.9 Å². The summed E-state index contributed by atoms with van der Waals surface area (Å²) in [4.78, 5) is 0.0179. The Balaban J connectivity index is 2.21. The molecule has 0 bridgehead atoms. The molecule has 15 heavy (non-hydrogen) atoms. The Kier molecular flexibility index (Phi) is 3.10. The van der Waals surface area contributed by atoms with E-state index in [9.17, 15) is 8.78 Å². The fourth-order valence-corrected chi connectivity index (χ4v) is 2.57. The summed E-state index contributed by atoms with van der Waals surface area (Å²) in [6, 6.07) is 2.58. The van der Waals surface area contributed by atoms with Gasteiger partial charge >= 0.3 is 0 Å². The first-order valence-electron chi connectivity index (χ1n) is 5.17. The van der Waals surface area contributed by atoms with Gasteiger partial charge in [-0.15, -0.1) is 0 Å². The molecule has 0 spiro atoms. The van der Waals surface area contributed by atoms with Crippen LogP contribution in [0.4, 0.5) is 8.78 Å². The van der Waals surface area contributed by atoms with Crippen molar-refractivity contribution in [2.75, 3.05) is 0 Å². The normalized spacial score (nSPS) is 17.9.